The van der Waals surface area contributed by atoms with Gasteiger partial charge in [0.05, 0.1) is 0 Å². The number of carboxylic acids is 1. The summed E-state index contributed by atoms with van der Waals surface area (Å²) in [5.74, 6) is 0.415. The Morgan fingerprint density at radius 1 is 1.56 bits per heavy atom. The first-order valence-corrected chi connectivity index (χ1v) is 5.67. The van der Waals surface area contributed by atoms with E-state index in [0.29, 0.717) is 11.9 Å². The first-order chi connectivity index (χ1) is 7.58. The van der Waals surface area contributed by atoms with E-state index in [2.05, 4.69) is 18.7 Å². The Balaban J connectivity index is 2.13. The lowest BCUT2D eigenvalue weighted by molar-refractivity contribution is 0.0663. The van der Waals surface area contributed by atoms with Crippen LogP contribution in [0.1, 0.15) is 37.2 Å². The van der Waals surface area contributed by atoms with Crippen molar-refractivity contribution in [3.63, 3.8) is 0 Å². The number of furan rings is 1. The number of rotatable bonds is 5. The Morgan fingerprint density at radius 3 is 2.69 bits per heavy atom. The second-order valence-corrected chi connectivity index (χ2v) is 4.63. The highest BCUT2D eigenvalue weighted by Crippen LogP contribution is 2.32. The fraction of sp³-hybridized carbons (Fsp3) is 0.583. The fourth-order valence-corrected chi connectivity index (χ4v) is 1.73. The summed E-state index contributed by atoms with van der Waals surface area (Å²) in [6.45, 7) is 5.14. The van der Waals surface area contributed by atoms with Crippen LogP contribution in [0.3, 0.4) is 0 Å². The van der Waals surface area contributed by atoms with Gasteiger partial charge in [0.25, 0.3) is 0 Å². The average molecular weight is 223 g/mol. The molecule has 1 N–H and O–H groups in total. The molecule has 0 bridgehead atoms. The van der Waals surface area contributed by atoms with Crippen molar-refractivity contribution in [3.05, 3.63) is 17.9 Å². The molecule has 4 nitrogen and oxygen atoms in total. The lowest BCUT2D eigenvalue weighted by Crippen LogP contribution is -2.32. The molecule has 1 fully saturated rings. The topological polar surface area (TPSA) is 53.7 Å². The first kappa shape index (κ1) is 11.0. The van der Waals surface area contributed by atoms with Crippen molar-refractivity contribution < 1.29 is 14.3 Å². The molecule has 16 heavy (non-hydrogen) atoms. The quantitative estimate of drug-likeness (QED) is 0.833. The molecule has 0 aliphatic heterocycles. The number of nitrogens with zero attached hydrogens (tertiary/aromatic N) is 1. The molecule has 0 unspecified atom stereocenters. The lowest BCUT2D eigenvalue weighted by atomic mass is 10.3. The van der Waals surface area contributed by atoms with Gasteiger partial charge >= 0.3 is 5.97 Å². The third-order valence-corrected chi connectivity index (χ3v) is 2.86. The molecule has 88 valence electrons. The van der Waals surface area contributed by atoms with E-state index in [9.17, 15) is 4.79 Å². The smallest absolute Gasteiger partial charge is 0.371 e. The predicted octanol–water partition coefficient (Wildman–Crippen LogP) is 2.60. The van der Waals surface area contributed by atoms with E-state index in [0.717, 1.165) is 12.5 Å². The van der Waals surface area contributed by atoms with E-state index in [1.807, 2.05) is 0 Å². The number of hydrogen-bond donors (Lipinski definition) is 1. The molecule has 1 aromatic rings. The molecule has 0 atom stereocenters. The molecule has 1 saturated carbocycles. The van der Waals surface area contributed by atoms with Crippen LogP contribution in [0.15, 0.2) is 16.5 Å². The molecule has 1 aliphatic carbocycles. The summed E-state index contributed by atoms with van der Waals surface area (Å²) in [6.07, 6.45) is 2.55. The van der Waals surface area contributed by atoms with Gasteiger partial charge in [0.2, 0.25) is 5.76 Å². The van der Waals surface area contributed by atoms with Crippen LogP contribution >= 0.6 is 0 Å². The van der Waals surface area contributed by atoms with E-state index >= 15 is 0 Å². The van der Waals surface area contributed by atoms with Gasteiger partial charge in [-0.25, -0.2) is 4.79 Å². The summed E-state index contributed by atoms with van der Waals surface area (Å²) in [6, 6.07) is 3.58. The zero-order valence-electron chi connectivity index (χ0n) is 9.64. The maximum atomic E-state index is 10.7. The molecule has 1 aliphatic rings. The van der Waals surface area contributed by atoms with Gasteiger partial charge in [-0.1, -0.05) is 0 Å². The van der Waals surface area contributed by atoms with Crippen LogP contribution in [0.4, 0.5) is 5.88 Å². The number of anilines is 1. The minimum absolute atomic E-state index is 0.0106. The predicted molar refractivity (Wildman–Crippen MR) is 60.9 cm³/mol. The van der Waals surface area contributed by atoms with Crippen LogP contribution in [0.2, 0.25) is 0 Å². The largest absolute Gasteiger partial charge is 0.475 e. The number of aromatic carboxylic acids is 1. The Bertz CT molecular complexity index is 379. The summed E-state index contributed by atoms with van der Waals surface area (Å²) in [7, 11) is 0. The Hall–Kier alpha value is -1.45. The van der Waals surface area contributed by atoms with E-state index < -0.39 is 5.97 Å². The summed E-state index contributed by atoms with van der Waals surface area (Å²) >= 11 is 0. The summed E-state index contributed by atoms with van der Waals surface area (Å²) in [5, 5.41) is 8.80. The SMILES string of the molecule is CC(C)N(CC1CC1)c1ccc(C(=O)O)o1. The van der Waals surface area contributed by atoms with Gasteiger partial charge in [0.15, 0.2) is 5.88 Å². The molecular formula is C12H17NO3. The highest BCUT2D eigenvalue weighted by molar-refractivity contribution is 5.84. The third-order valence-electron chi connectivity index (χ3n) is 2.86. The molecule has 0 aromatic carbocycles. The zero-order chi connectivity index (χ0) is 11.7. The molecular weight excluding hydrogens is 206 g/mol. The molecule has 0 radical (unpaired) electrons. The minimum Gasteiger partial charge on any atom is -0.475 e. The molecule has 0 spiro atoms. The van der Waals surface area contributed by atoms with Crippen molar-refractivity contribution in [2.45, 2.75) is 32.7 Å². The average Bonchev–Trinajstić information content (AvgIpc) is 2.89. The van der Waals surface area contributed by atoms with Crippen LogP contribution in [0.5, 0.6) is 0 Å². The Labute approximate surface area is 94.9 Å². The zero-order valence-corrected chi connectivity index (χ0v) is 9.64. The van der Waals surface area contributed by atoms with Gasteiger partial charge < -0.3 is 14.4 Å². The number of hydrogen-bond acceptors (Lipinski definition) is 3. The number of carbonyl (C=O) groups is 1. The van der Waals surface area contributed by atoms with Crippen molar-refractivity contribution in [1.82, 2.24) is 0 Å². The van der Waals surface area contributed by atoms with Crippen molar-refractivity contribution in [1.29, 1.82) is 0 Å². The fourth-order valence-electron chi connectivity index (χ4n) is 1.73. The van der Waals surface area contributed by atoms with Gasteiger partial charge in [-0.05, 0) is 38.7 Å². The molecule has 0 amide bonds. The van der Waals surface area contributed by atoms with Crippen molar-refractivity contribution in [3.8, 4) is 0 Å². The van der Waals surface area contributed by atoms with Gasteiger partial charge in [0, 0.05) is 18.7 Å². The normalized spacial score (nSPS) is 15.4. The Kier molecular flexibility index (Phi) is 2.90. The minimum atomic E-state index is -1.01. The maximum Gasteiger partial charge on any atom is 0.371 e. The molecule has 2 rings (SSSR count). The van der Waals surface area contributed by atoms with E-state index in [1.54, 1.807) is 6.07 Å². The summed E-state index contributed by atoms with van der Waals surface area (Å²) in [4.78, 5) is 12.9. The Morgan fingerprint density at radius 2 is 2.25 bits per heavy atom. The van der Waals surface area contributed by atoms with E-state index in [1.165, 1.54) is 18.9 Å². The van der Waals surface area contributed by atoms with Crippen LogP contribution in [-0.4, -0.2) is 23.7 Å². The molecule has 0 saturated heterocycles. The van der Waals surface area contributed by atoms with Crippen molar-refractivity contribution >= 4 is 11.9 Å². The van der Waals surface area contributed by atoms with Gasteiger partial charge in [-0.3, -0.25) is 0 Å². The maximum absolute atomic E-state index is 10.7. The second-order valence-electron chi connectivity index (χ2n) is 4.63. The van der Waals surface area contributed by atoms with Crippen LogP contribution in [0, 0.1) is 5.92 Å². The van der Waals surface area contributed by atoms with E-state index in [-0.39, 0.29) is 5.76 Å². The molecule has 1 aromatic heterocycles. The van der Waals surface area contributed by atoms with E-state index in [4.69, 9.17) is 9.52 Å². The highest BCUT2D eigenvalue weighted by atomic mass is 16.4. The summed E-state index contributed by atoms with van der Waals surface area (Å²) < 4.78 is 5.32. The first-order valence-electron chi connectivity index (χ1n) is 5.67. The lowest BCUT2D eigenvalue weighted by Gasteiger charge is -2.26. The third kappa shape index (κ3) is 2.38. The highest BCUT2D eigenvalue weighted by Gasteiger charge is 2.27. The van der Waals surface area contributed by atoms with Gasteiger partial charge in [-0.2, -0.15) is 0 Å². The summed E-state index contributed by atoms with van der Waals surface area (Å²) in [5.41, 5.74) is 0. The van der Waals surface area contributed by atoms with Crippen molar-refractivity contribution in [2.24, 2.45) is 5.92 Å². The second kappa shape index (κ2) is 4.20. The number of carboxylic acid groups (broad SMARTS) is 1. The standard InChI is InChI=1S/C12H17NO3/c1-8(2)13(7-9-3-4-9)11-6-5-10(16-11)12(14)15/h5-6,8-9H,3-4,7H2,1-2H3,(H,14,15). The van der Waals surface area contributed by atoms with Crippen LogP contribution < -0.4 is 4.90 Å². The van der Waals surface area contributed by atoms with Crippen LogP contribution in [0.25, 0.3) is 0 Å². The van der Waals surface area contributed by atoms with Gasteiger partial charge in [0.1, 0.15) is 0 Å². The van der Waals surface area contributed by atoms with Crippen molar-refractivity contribution in [2.75, 3.05) is 11.4 Å². The molecule has 4 heteroatoms. The van der Waals surface area contributed by atoms with Crippen LogP contribution in [-0.2, 0) is 0 Å². The monoisotopic (exact) mass is 223 g/mol. The molecule has 1 heterocycles. The van der Waals surface area contributed by atoms with Gasteiger partial charge in [-0.15, -0.1) is 0 Å².